The topological polar surface area (TPSA) is 99.8 Å². The number of nitrogens with one attached hydrogen (secondary N) is 3. The summed E-state index contributed by atoms with van der Waals surface area (Å²) in [6.07, 6.45) is 3.00. The van der Waals surface area contributed by atoms with E-state index in [4.69, 9.17) is 0 Å². The highest BCUT2D eigenvalue weighted by molar-refractivity contribution is 7.89. The van der Waals surface area contributed by atoms with Crippen molar-refractivity contribution in [3.8, 4) is 0 Å². The van der Waals surface area contributed by atoms with Crippen LogP contribution < -0.4 is 10.0 Å². The van der Waals surface area contributed by atoms with Gasteiger partial charge < -0.3 is 5.32 Å². The van der Waals surface area contributed by atoms with Crippen molar-refractivity contribution in [1.29, 1.82) is 0 Å². The number of hydrogen-bond donors (Lipinski definition) is 3. The molecule has 0 spiro atoms. The van der Waals surface area contributed by atoms with E-state index in [2.05, 4.69) is 32.1 Å². The highest BCUT2D eigenvalue weighted by Crippen LogP contribution is 2.06. The number of sulfonamides is 1. The van der Waals surface area contributed by atoms with Crippen LogP contribution >= 0.6 is 0 Å². The van der Waals surface area contributed by atoms with Crippen molar-refractivity contribution in [2.75, 3.05) is 18.8 Å². The first-order valence-corrected chi connectivity index (χ1v) is 7.76. The van der Waals surface area contributed by atoms with Crippen molar-refractivity contribution in [3.05, 3.63) is 12.2 Å². The fourth-order valence-electron chi connectivity index (χ4n) is 1.50. The molecule has 0 saturated heterocycles. The van der Waals surface area contributed by atoms with Crippen LogP contribution in [0.1, 0.15) is 38.6 Å². The van der Waals surface area contributed by atoms with Crippen LogP contribution in [0.25, 0.3) is 0 Å². The highest BCUT2D eigenvalue weighted by Gasteiger charge is 2.16. The Morgan fingerprint density at radius 1 is 1.44 bits per heavy atom. The number of aromatic nitrogens is 3. The van der Waals surface area contributed by atoms with Crippen molar-refractivity contribution in [1.82, 2.24) is 25.2 Å². The third-order valence-corrected chi connectivity index (χ3v) is 3.93. The Hall–Kier alpha value is -0.990. The van der Waals surface area contributed by atoms with E-state index in [-0.39, 0.29) is 11.8 Å². The monoisotopic (exact) mass is 275 g/mol. The number of rotatable bonds is 9. The summed E-state index contributed by atoms with van der Waals surface area (Å²) in [5.41, 5.74) is 0. The van der Waals surface area contributed by atoms with E-state index in [9.17, 15) is 8.42 Å². The molecular weight excluding hydrogens is 254 g/mol. The molecule has 0 fully saturated rings. The molecule has 3 N–H and O–H groups in total. The van der Waals surface area contributed by atoms with Gasteiger partial charge in [-0.3, -0.25) is 5.10 Å². The Bertz CT molecular complexity index is 417. The number of nitrogens with zero attached hydrogens (tertiary/aromatic N) is 2. The molecule has 0 amide bonds. The van der Waals surface area contributed by atoms with Gasteiger partial charge in [0.05, 0.1) is 11.8 Å². The smallest absolute Gasteiger partial charge is 0.212 e. The predicted octanol–water partition coefficient (Wildman–Crippen LogP) is 0.175. The molecule has 104 valence electrons. The number of aromatic amines is 1. The first kappa shape index (κ1) is 15.1. The Balaban J connectivity index is 2.31. The SMILES string of the molecule is CCCNCCCS(=O)(=O)NC(C)c1ncn[nH]1. The van der Waals surface area contributed by atoms with E-state index < -0.39 is 10.0 Å². The third-order valence-electron chi connectivity index (χ3n) is 2.39. The maximum absolute atomic E-state index is 11.8. The first-order chi connectivity index (χ1) is 8.55. The van der Waals surface area contributed by atoms with Crippen LogP contribution in [0.3, 0.4) is 0 Å². The van der Waals surface area contributed by atoms with E-state index in [1.54, 1.807) is 6.92 Å². The van der Waals surface area contributed by atoms with Crippen molar-refractivity contribution in [3.63, 3.8) is 0 Å². The molecule has 1 unspecified atom stereocenters. The van der Waals surface area contributed by atoms with Crippen molar-refractivity contribution < 1.29 is 8.42 Å². The molecule has 1 aromatic rings. The second-order valence-electron chi connectivity index (χ2n) is 4.13. The van der Waals surface area contributed by atoms with Gasteiger partial charge in [0.2, 0.25) is 10.0 Å². The first-order valence-electron chi connectivity index (χ1n) is 6.11. The second kappa shape index (κ2) is 7.45. The van der Waals surface area contributed by atoms with Crippen LogP contribution in [-0.2, 0) is 10.0 Å². The molecule has 0 bridgehead atoms. The normalized spacial score (nSPS) is 13.7. The predicted molar refractivity (Wildman–Crippen MR) is 69.5 cm³/mol. The minimum absolute atomic E-state index is 0.113. The lowest BCUT2D eigenvalue weighted by Gasteiger charge is -2.11. The van der Waals surface area contributed by atoms with Crippen molar-refractivity contribution in [2.24, 2.45) is 0 Å². The standard InChI is InChI=1S/C10H21N5O2S/c1-3-5-11-6-4-7-18(16,17)15-9(2)10-12-8-13-14-10/h8-9,11,15H,3-7H2,1-2H3,(H,12,13,14). The van der Waals surface area contributed by atoms with E-state index in [0.717, 1.165) is 13.0 Å². The molecule has 0 aliphatic carbocycles. The molecule has 8 heteroatoms. The molecule has 7 nitrogen and oxygen atoms in total. The van der Waals surface area contributed by atoms with Crippen LogP contribution in [0.4, 0.5) is 0 Å². The van der Waals surface area contributed by atoms with Crippen LogP contribution in [0.2, 0.25) is 0 Å². The van der Waals surface area contributed by atoms with Gasteiger partial charge in [-0.2, -0.15) is 5.10 Å². The van der Waals surface area contributed by atoms with Gasteiger partial charge in [0.1, 0.15) is 12.2 Å². The lowest BCUT2D eigenvalue weighted by molar-refractivity contribution is 0.555. The van der Waals surface area contributed by atoms with Gasteiger partial charge in [-0.15, -0.1) is 0 Å². The Labute approximate surface area is 108 Å². The highest BCUT2D eigenvalue weighted by atomic mass is 32.2. The van der Waals surface area contributed by atoms with Crippen LogP contribution in [-0.4, -0.2) is 42.4 Å². The summed E-state index contributed by atoms with van der Waals surface area (Å²) in [5.74, 6) is 0.630. The van der Waals surface area contributed by atoms with Gasteiger partial charge in [0, 0.05) is 0 Å². The fraction of sp³-hybridized carbons (Fsp3) is 0.800. The van der Waals surface area contributed by atoms with Crippen LogP contribution in [0.5, 0.6) is 0 Å². The van der Waals surface area contributed by atoms with E-state index in [1.165, 1.54) is 6.33 Å². The summed E-state index contributed by atoms with van der Waals surface area (Å²) < 4.78 is 26.1. The van der Waals surface area contributed by atoms with Crippen LogP contribution in [0, 0.1) is 0 Å². The molecule has 18 heavy (non-hydrogen) atoms. The van der Waals surface area contributed by atoms with Gasteiger partial charge in [0.15, 0.2) is 0 Å². The molecule has 1 atom stereocenters. The third kappa shape index (κ3) is 5.56. The molecule has 0 aliphatic rings. The van der Waals surface area contributed by atoms with Crippen molar-refractivity contribution >= 4 is 10.0 Å². The summed E-state index contributed by atoms with van der Waals surface area (Å²) in [7, 11) is -3.27. The summed E-state index contributed by atoms with van der Waals surface area (Å²) >= 11 is 0. The molecule has 0 saturated carbocycles. The Kier molecular flexibility index (Phi) is 6.23. The largest absolute Gasteiger partial charge is 0.317 e. The van der Waals surface area contributed by atoms with Crippen LogP contribution in [0.15, 0.2) is 6.33 Å². The van der Waals surface area contributed by atoms with Gasteiger partial charge in [-0.05, 0) is 32.9 Å². The summed E-state index contributed by atoms with van der Waals surface area (Å²) in [6, 6.07) is -0.388. The average Bonchev–Trinajstić information content (AvgIpc) is 2.81. The van der Waals surface area contributed by atoms with E-state index in [1.807, 2.05) is 0 Å². The fourth-order valence-corrected chi connectivity index (χ4v) is 2.79. The molecular formula is C10H21N5O2S. The van der Waals surface area contributed by atoms with E-state index in [0.29, 0.717) is 18.8 Å². The summed E-state index contributed by atoms with van der Waals surface area (Å²) in [5, 5.41) is 9.50. The molecule has 1 rings (SSSR count). The van der Waals surface area contributed by atoms with Gasteiger partial charge in [-0.25, -0.2) is 18.1 Å². The minimum atomic E-state index is -3.27. The Morgan fingerprint density at radius 2 is 2.22 bits per heavy atom. The van der Waals surface area contributed by atoms with Gasteiger partial charge in [0.25, 0.3) is 0 Å². The van der Waals surface area contributed by atoms with Crippen molar-refractivity contribution in [2.45, 2.75) is 32.7 Å². The van der Waals surface area contributed by atoms with E-state index >= 15 is 0 Å². The molecule has 0 aromatic carbocycles. The molecule has 1 aromatic heterocycles. The number of H-pyrrole nitrogens is 1. The van der Waals surface area contributed by atoms with Gasteiger partial charge in [-0.1, -0.05) is 6.92 Å². The lowest BCUT2D eigenvalue weighted by Crippen LogP contribution is -2.31. The zero-order chi connectivity index (χ0) is 13.4. The maximum Gasteiger partial charge on any atom is 0.212 e. The molecule has 0 radical (unpaired) electrons. The zero-order valence-corrected chi connectivity index (χ0v) is 11.6. The second-order valence-corrected chi connectivity index (χ2v) is 6.01. The zero-order valence-electron chi connectivity index (χ0n) is 10.8. The Morgan fingerprint density at radius 3 is 2.83 bits per heavy atom. The molecule has 1 heterocycles. The summed E-state index contributed by atoms with van der Waals surface area (Å²) in [4.78, 5) is 3.92. The quantitative estimate of drug-likeness (QED) is 0.558. The minimum Gasteiger partial charge on any atom is -0.317 e. The number of hydrogen-bond acceptors (Lipinski definition) is 5. The lowest BCUT2D eigenvalue weighted by atomic mass is 10.3. The van der Waals surface area contributed by atoms with Gasteiger partial charge >= 0.3 is 0 Å². The molecule has 0 aliphatic heterocycles. The summed E-state index contributed by atoms with van der Waals surface area (Å²) in [6.45, 7) is 5.44. The average molecular weight is 275 g/mol. The maximum atomic E-state index is 11.8.